The number of aromatic carboxylic acids is 1. The van der Waals surface area contributed by atoms with Gasteiger partial charge < -0.3 is 10.4 Å². The van der Waals surface area contributed by atoms with E-state index in [0.717, 1.165) is 33.4 Å². The number of carboxylic acids is 1. The SMILES string of the molecule is O=C(O)c1cc(I)ccc1NC(c1ccc(-c2ccccc2-c2nnnn2C(c2ccccc2)(c2ccccc2)c2ccccc2)cc1)[N+](=O)[O-]. The van der Waals surface area contributed by atoms with Crippen LogP contribution in [-0.4, -0.2) is 36.2 Å². The number of tetrazole rings is 1. The number of nitrogens with one attached hydrogen (secondary N) is 1. The average molecular weight is 785 g/mol. The third kappa shape index (κ3) is 6.34. The van der Waals surface area contributed by atoms with Crippen molar-refractivity contribution >= 4 is 34.2 Å². The maximum Gasteiger partial charge on any atom is 0.337 e. The number of hydrogen-bond acceptors (Lipinski definition) is 7. The van der Waals surface area contributed by atoms with Crippen molar-refractivity contribution in [3.8, 4) is 22.5 Å². The Hall–Kier alpha value is -6.21. The second-order valence-corrected chi connectivity index (χ2v) is 13.0. The zero-order valence-corrected chi connectivity index (χ0v) is 29.0. The van der Waals surface area contributed by atoms with Gasteiger partial charge in [0.1, 0.15) is 5.54 Å². The quantitative estimate of drug-likeness (QED) is 0.0438. The van der Waals surface area contributed by atoms with Gasteiger partial charge in [0, 0.05) is 14.7 Å². The molecule has 7 rings (SSSR count). The van der Waals surface area contributed by atoms with Gasteiger partial charge in [0.05, 0.1) is 16.2 Å². The molecule has 0 radical (unpaired) electrons. The van der Waals surface area contributed by atoms with Gasteiger partial charge in [-0.3, -0.25) is 10.1 Å². The number of anilines is 1. The highest BCUT2D eigenvalue weighted by Crippen LogP contribution is 2.43. The van der Waals surface area contributed by atoms with E-state index in [1.165, 1.54) is 12.1 Å². The predicted molar refractivity (Wildman–Crippen MR) is 203 cm³/mol. The highest BCUT2D eigenvalue weighted by atomic mass is 127. The van der Waals surface area contributed by atoms with E-state index >= 15 is 0 Å². The number of nitrogens with zero attached hydrogens (tertiary/aromatic N) is 5. The molecule has 0 spiro atoms. The summed E-state index contributed by atoms with van der Waals surface area (Å²) in [6.45, 7) is 0. The number of carboxylic acid groups (broad SMARTS) is 1. The fourth-order valence-corrected chi connectivity index (χ4v) is 6.98. The molecule has 7 aromatic rings. The lowest BCUT2D eigenvalue weighted by Gasteiger charge is -2.36. The van der Waals surface area contributed by atoms with Gasteiger partial charge in [-0.2, -0.15) is 0 Å². The van der Waals surface area contributed by atoms with Crippen LogP contribution >= 0.6 is 22.6 Å². The molecule has 1 atom stereocenters. The molecule has 0 aliphatic rings. The number of halogens is 1. The molecule has 0 amide bonds. The highest BCUT2D eigenvalue weighted by molar-refractivity contribution is 14.1. The lowest BCUT2D eigenvalue weighted by molar-refractivity contribution is -0.521. The summed E-state index contributed by atoms with van der Waals surface area (Å²) in [7, 11) is 0. The van der Waals surface area contributed by atoms with Crippen LogP contribution in [0.3, 0.4) is 0 Å². The zero-order chi connectivity index (χ0) is 35.4. The Labute approximate surface area is 306 Å². The molecular formula is C40H29IN6O4. The van der Waals surface area contributed by atoms with E-state index in [2.05, 4.69) is 57.2 Å². The van der Waals surface area contributed by atoms with E-state index < -0.39 is 22.6 Å². The molecule has 1 aromatic heterocycles. The first-order chi connectivity index (χ1) is 24.9. The van der Waals surface area contributed by atoms with Crippen molar-refractivity contribution in [2.24, 2.45) is 0 Å². The minimum atomic E-state index is -1.39. The Bertz CT molecular complexity index is 2220. The van der Waals surface area contributed by atoms with Crippen molar-refractivity contribution in [3.05, 3.63) is 199 Å². The summed E-state index contributed by atoms with van der Waals surface area (Å²) in [5, 5.41) is 38.3. The largest absolute Gasteiger partial charge is 0.478 e. The zero-order valence-electron chi connectivity index (χ0n) is 26.9. The van der Waals surface area contributed by atoms with Crippen molar-refractivity contribution in [1.29, 1.82) is 0 Å². The normalized spacial score (nSPS) is 11.9. The van der Waals surface area contributed by atoms with Crippen molar-refractivity contribution in [2.75, 3.05) is 5.32 Å². The van der Waals surface area contributed by atoms with Crippen LogP contribution in [0.1, 0.15) is 38.8 Å². The molecule has 0 saturated carbocycles. The minimum absolute atomic E-state index is 0.0467. The molecule has 1 heterocycles. The number of rotatable bonds is 11. The topological polar surface area (TPSA) is 136 Å². The van der Waals surface area contributed by atoms with Gasteiger partial charge in [0.25, 0.3) is 0 Å². The lowest BCUT2D eigenvalue weighted by atomic mass is 9.77. The second-order valence-electron chi connectivity index (χ2n) is 11.7. The molecule has 250 valence electrons. The molecule has 10 nitrogen and oxygen atoms in total. The van der Waals surface area contributed by atoms with Gasteiger partial charge in [-0.1, -0.05) is 127 Å². The van der Waals surface area contributed by atoms with E-state index in [4.69, 9.17) is 0 Å². The van der Waals surface area contributed by atoms with Crippen molar-refractivity contribution in [3.63, 3.8) is 0 Å². The van der Waals surface area contributed by atoms with Crippen LogP contribution in [0, 0.1) is 13.7 Å². The second kappa shape index (κ2) is 14.3. The summed E-state index contributed by atoms with van der Waals surface area (Å²) >= 11 is 2.01. The maximum absolute atomic E-state index is 12.3. The fourth-order valence-electron chi connectivity index (χ4n) is 6.49. The van der Waals surface area contributed by atoms with Crippen molar-refractivity contribution in [2.45, 2.75) is 11.7 Å². The summed E-state index contributed by atoms with van der Waals surface area (Å²) in [5.74, 6) is -0.654. The average Bonchev–Trinajstić information content (AvgIpc) is 3.66. The molecule has 2 N–H and O–H groups in total. The van der Waals surface area contributed by atoms with Crippen LogP contribution in [-0.2, 0) is 5.54 Å². The first kappa shape index (κ1) is 33.3. The van der Waals surface area contributed by atoms with Crippen LogP contribution in [0.25, 0.3) is 22.5 Å². The van der Waals surface area contributed by atoms with E-state index in [0.29, 0.717) is 15.0 Å². The van der Waals surface area contributed by atoms with E-state index in [9.17, 15) is 20.0 Å². The Morgan fingerprint density at radius 1 is 0.745 bits per heavy atom. The van der Waals surface area contributed by atoms with E-state index in [1.54, 1.807) is 18.2 Å². The van der Waals surface area contributed by atoms with Crippen LogP contribution < -0.4 is 5.32 Å². The van der Waals surface area contributed by atoms with E-state index in [1.807, 2.05) is 118 Å². The number of nitro groups is 1. The third-order valence-electron chi connectivity index (χ3n) is 8.78. The van der Waals surface area contributed by atoms with Gasteiger partial charge in [0.2, 0.25) is 0 Å². The first-order valence-electron chi connectivity index (χ1n) is 16.0. The molecule has 0 aliphatic carbocycles. The lowest BCUT2D eigenvalue weighted by Crippen LogP contribution is -2.39. The number of aromatic nitrogens is 4. The van der Waals surface area contributed by atoms with Crippen molar-refractivity contribution < 1.29 is 14.8 Å². The maximum atomic E-state index is 12.3. The van der Waals surface area contributed by atoms with Crippen LogP contribution in [0.5, 0.6) is 0 Å². The predicted octanol–water partition coefficient (Wildman–Crippen LogP) is 8.54. The number of carbonyl (C=O) groups is 1. The standard InChI is InChI=1S/C40H29IN6O4/c41-32-24-25-36(35(26-32)39(48)49)42-37(47(50)51)28-22-20-27(21-23-28)33-18-10-11-19-34(33)38-43-44-45-46(38)40(29-12-4-1-5-13-29,30-14-6-2-7-15-30)31-16-8-3-9-17-31/h1-26,37,42H,(H,48,49). The molecular weight excluding hydrogens is 755 g/mol. The van der Waals surface area contributed by atoms with Gasteiger partial charge in [-0.15, -0.1) is 5.10 Å². The molecule has 11 heteroatoms. The molecule has 0 bridgehead atoms. The minimum Gasteiger partial charge on any atom is -0.478 e. The smallest absolute Gasteiger partial charge is 0.337 e. The molecule has 51 heavy (non-hydrogen) atoms. The summed E-state index contributed by atoms with van der Waals surface area (Å²) < 4.78 is 2.57. The highest BCUT2D eigenvalue weighted by Gasteiger charge is 2.42. The van der Waals surface area contributed by atoms with E-state index in [-0.39, 0.29) is 11.3 Å². The molecule has 0 saturated heterocycles. The fraction of sp³-hybridized carbons (Fsp3) is 0.0500. The summed E-state index contributed by atoms with van der Waals surface area (Å²) in [6.07, 6.45) is -1.39. The molecule has 6 aromatic carbocycles. The Morgan fingerprint density at radius 2 is 1.27 bits per heavy atom. The molecule has 0 aliphatic heterocycles. The molecule has 1 unspecified atom stereocenters. The van der Waals surface area contributed by atoms with Crippen molar-refractivity contribution in [1.82, 2.24) is 20.2 Å². The van der Waals surface area contributed by atoms with Crippen LogP contribution in [0.4, 0.5) is 5.69 Å². The summed E-state index contributed by atoms with van der Waals surface area (Å²) in [6, 6.07) is 49.9. The van der Waals surface area contributed by atoms with Gasteiger partial charge in [0.15, 0.2) is 5.82 Å². The Balaban J connectivity index is 1.34. The van der Waals surface area contributed by atoms with Gasteiger partial charge in [-0.25, -0.2) is 9.48 Å². The Kier molecular flexibility index (Phi) is 9.36. The molecule has 0 fully saturated rings. The van der Waals surface area contributed by atoms with Gasteiger partial charge in [-0.05, 0) is 91.2 Å². The third-order valence-corrected chi connectivity index (χ3v) is 9.45. The first-order valence-corrected chi connectivity index (χ1v) is 17.0. The monoisotopic (exact) mass is 784 g/mol. The Morgan fingerprint density at radius 3 is 1.80 bits per heavy atom. The van der Waals surface area contributed by atoms with Crippen LogP contribution in [0.15, 0.2) is 158 Å². The van der Waals surface area contributed by atoms with Crippen LogP contribution in [0.2, 0.25) is 0 Å². The number of hydrogen-bond donors (Lipinski definition) is 2. The van der Waals surface area contributed by atoms with Gasteiger partial charge >= 0.3 is 12.1 Å². The number of benzene rings is 6. The summed E-state index contributed by atoms with van der Waals surface area (Å²) in [4.78, 5) is 23.7. The summed E-state index contributed by atoms with van der Waals surface area (Å²) in [5.41, 5.74) is 4.79.